The molecule has 1 heterocycles. The van der Waals surface area contributed by atoms with Crippen molar-refractivity contribution in [2.75, 3.05) is 12.4 Å². The van der Waals surface area contributed by atoms with E-state index in [9.17, 15) is 26.4 Å². The van der Waals surface area contributed by atoms with Crippen molar-refractivity contribution in [3.63, 3.8) is 0 Å². The second-order valence-electron chi connectivity index (χ2n) is 7.31. The first-order valence-corrected chi connectivity index (χ1v) is 11.0. The molecule has 0 aliphatic heterocycles. The number of aromatic nitrogens is 3. The molecule has 3 rings (SSSR count). The monoisotopic (exact) mass is 461 g/mol. The van der Waals surface area contributed by atoms with Crippen molar-refractivity contribution in [3.8, 4) is 5.75 Å². The highest BCUT2D eigenvalue weighted by Crippen LogP contribution is 2.30. The molecular formula is C18H22F3N5O4S. The van der Waals surface area contributed by atoms with Crippen molar-refractivity contribution >= 4 is 21.9 Å². The summed E-state index contributed by atoms with van der Waals surface area (Å²) in [7, 11) is -2.73. The first kappa shape index (κ1) is 23.0. The normalized spacial score (nSPS) is 19.8. The van der Waals surface area contributed by atoms with Crippen LogP contribution in [0.15, 0.2) is 23.1 Å². The van der Waals surface area contributed by atoms with Crippen LogP contribution in [0, 0.1) is 5.92 Å². The molecule has 1 fully saturated rings. The Morgan fingerprint density at radius 1 is 1.26 bits per heavy atom. The molecule has 2 aromatic rings. The van der Waals surface area contributed by atoms with Gasteiger partial charge in [0.2, 0.25) is 21.8 Å². The molecule has 1 aromatic heterocycles. The second-order valence-corrected chi connectivity index (χ2v) is 9.00. The van der Waals surface area contributed by atoms with Gasteiger partial charge in [-0.25, -0.2) is 13.1 Å². The van der Waals surface area contributed by atoms with E-state index in [1.165, 1.54) is 19.2 Å². The third-order valence-electron chi connectivity index (χ3n) is 5.11. The number of carbonyl (C=O) groups excluding carboxylic acids is 1. The first-order chi connectivity index (χ1) is 14.5. The van der Waals surface area contributed by atoms with Crippen LogP contribution in [0.4, 0.5) is 19.1 Å². The number of ether oxygens (including phenoxy) is 1. The Bertz CT molecular complexity index is 1050. The average molecular weight is 461 g/mol. The van der Waals surface area contributed by atoms with Crippen molar-refractivity contribution in [2.24, 2.45) is 5.92 Å². The lowest BCUT2D eigenvalue weighted by Crippen LogP contribution is -2.41. The summed E-state index contributed by atoms with van der Waals surface area (Å²) in [5, 5.41) is 7.08. The summed E-state index contributed by atoms with van der Waals surface area (Å²) in [6, 6.07) is 3.44. The number of benzene rings is 1. The summed E-state index contributed by atoms with van der Waals surface area (Å²) in [6.07, 6.45) is -1.19. The van der Waals surface area contributed by atoms with Gasteiger partial charge in [-0.05, 0) is 37.0 Å². The van der Waals surface area contributed by atoms with Gasteiger partial charge in [0.1, 0.15) is 10.6 Å². The molecule has 1 amide bonds. The number of methoxy groups -OCH3 is 1. The maximum atomic E-state index is 13.0. The maximum Gasteiger partial charge on any atom is 0.451 e. The number of carbonyl (C=O) groups is 1. The van der Waals surface area contributed by atoms with Crippen molar-refractivity contribution < 1.29 is 31.1 Å². The molecule has 1 aliphatic carbocycles. The van der Waals surface area contributed by atoms with E-state index in [0.717, 1.165) is 25.3 Å². The average Bonchev–Trinajstić information content (AvgIpc) is 3.18. The standard InChI is InChI=1S/C18H22F3N5O4S/c1-10-5-3-4-6-12(10)26-31(28,29)14-9-11(7-8-13(14)30-2)15(27)22-17-23-16(24-25-17)18(19,20)21/h7-10,12,26H,3-6H2,1-2H3,(H2,22,23,24,25,27)/t10-,12+/m1/s1. The van der Waals surface area contributed by atoms with Crippen molar-refractivity contribution in [3.05, 3.63) is 29.6 Å². The summed E-state index contributed by atoms with van der Waals surface area (Å²) in [5.74, 6) is -2.64. The smallest absolute Gasteiger partial charge is 0.451 e. The number of amides is 1. The highest BCUT2D eigenvalue weighted by Gasteiger charge is 2.35. The number of hydrogen-bond acceptors (Lipinski definition) is 6. The zero-order chi connectivity index (χ0) is 22.8. The molecule has 1 aliphatic rings. The van der Waals surface area contributed by atoms with Gasteiger partial charge in [0.05, 0.1) is 7.11 Å². The molecule has 0 spiro atoms. The molecule has 1 aromatic carbocycles. The lowest BCUT2D eigenvalue weighted by atomic mass is 9.87. The van der Waals surface area contributed by atoms with E-state index in [2.05, 4.69) is 20.1 Å². The summed E-state index contributed by atoms with van der Waals surface area (Å²) in [4.78, 5) is 15.4. The summed E-state index contributed by atoms with van der Waals surface area (Å²) < 4.78 is 71.6. The topological polar surface area (TPSA) is 126 Å². The zero-order valence-corrected chi connectivity index (χ0v) is 17.6. The minimum absolute atomic E-state index is 0.0322. The van der Waals surface area contributed by atoms with E-state index in [4.69, 9.17) is 4.74 Å². The van der Waals surface area contributed by atoms with Gasteiger partial charge in [-0.3, -0.25) is 15.2 Å². The first-order valence-electron chi connectivity index (χ1n) is 9.52. The Labute approximate surface area is 176 Å². The van der Waals surface area contributed by atoms with Crippen LogP contribution in [-0.4, -0.2) is 42.7 Å². The molecule has 31 heavy (non-hydrogen) atoms. The summed E-state index contributed by atoms with van der Waals surface area (Å²) in [5.41, 5.74) is -0.115. The minimum atomic E-state index is -4.75. The van der Waals surface area contributed by atoms with Crippen LogP contribution < -0.4 is 14.8 Å². The fourth-order valence-electron chi connectivity index (χ4n) is 3.40. The van der Waals surface area contributed by atoms with Crippen LogP contribution in [-0.2, 0) is 16.2 Å². The van der Waals surface area contributed by atoms with Crippen molar-refractivity contribution in [1.82, 2.24) is 19.9 Å². The molecule has 2 atom stereocenters. The largest absolute Gasteiger partial charge is 0.495 e. The van der Waals surface area contributed by atoms with Crippen LogP contribution in [0.1, 0.15) is 48.8 Å². The van der Waals surface area contributed by atoms with Crippen LogP contribution in [0.5, 0.6) is 5.75 Å². The Morgan fingerprint density at radius 3 is 2.58 bits per heavy atom. The molecule has 0 unspecified atom stereocenters. The van der Waals surface area contributed by atoms with Gasteiger partial charge >= 0.3 is 6.18 Å². The van der Waals surface area contributed by atoms with Crippen LogP contribution in [0.2, 0.25) is 0 Å². The maximum absolute atomic E-state index is 13.0. The summed E-state index contributed by atoms with van der Waals surface area (Å²) in [6.45, 7) is 1.97. The lowest BCUT2D eigenvalue weighted by molar-refractivity contribution is -0.144. The number of anilines is 1. The van der Waals surface area contributed by atoms with E-state index in [0.29, 0.717) is 6.42 Å². The molecule has 0 radical (unpaired) electrons. The van der Waals surface area contributed by atoms with Crippen LogP contribution >= 0.6 is 0 Å². The number of nitrogens with zero attached hydrogens (tertiary/aromatic N) is 2. The fraction of sp³-hybridized carbons (Fsp3) is 0.500. The van der Waals surface area contributed by atoms with Gasteiger partial charge in [0, 0.05) is 11.6 Å². The predicted octanol–water partition coefficient (Wildman–Crippen LogP) is 2.94. The SMILES string of the molecule is COc1ccc(C(=O)Nc2n[nH]c(C(F)(F)F)n2)cc1S(=O)(=O)N[C@H]1CCCC[C@H]1C. The minimum Gasteiger partial charge on any atom is -0.495 e. The van der Waals surface area contributed by atoms with Crippen LogP contribution in [0.25, 0.3) is 0 Å². The Kier molecular flexibility index (Phi) is 6.55. The molecule has 170 valence electrons. The third kappa shape index (κ3) is 5.34. The number of sulfonamides is 1. The number of rotatable bonds is 6. The Morgan fingerprint density at radius 2 is 1.97 bits per heavy atom. The molecule has 3 N–H and O–H groups in total. The molecule has 1 saturated carbocycles. The van der Waals surface area contributed by atoms with Gasteiger partial charge in [0.25, 0.3) is 5.91 Å². The lowest BCUT2D eigenvalue weighted by Gasteiger charge is -2.29. The molecule has 0 bridgehead atoms. The van der Waals surface area contributed by atoms with E-state index < -0.39 is 33.9 Å². The Hall–Kier alpha value is -2.67. The van der Waals surface area contributed by atoms with Crippen LogP contribution in [0.3, 0.4) is 0 Å². The van der Waals surface area contributed by atoms with Gasteiger partial charge in [-0.2, -0.15) is 18.2 Å². The highest BCUT2D eigenvalue weighted by molar-refractivity contribution is 7.89. The Balaban J connectivity index is 1.84. The van der Waals surface area contributed by atoms with Gasteiger partial charge < -0.3 is 4.74 Å². The van der Waals surface area contributed by atoms with E-state index in [1.807, 2.05) is 6.92 Å². The quantitative estimate of drug-likeness (QED) is 0.607. The number of nitrogens with one attached hydrogen (secondary N) is 3. The third-order valence-corrected chi connectivity index (χ3v) is 6.62. The second kappa shape index (κ2) is 8.83. The van der Waals surface area contributed by atoms with E-state index in [1.54, 1.807) is 5.10 Å². The van der Waals surface area contributed by atoms with E-state index in [-0.39, 0.29) is 28.2 Å². The number of hydrogen-bond donors (Lipinski definition) is 3. The number of aromatic amines is 1. The van der Waals surface area contributed by atoms with Gasteiger partial charge in [-0.1, -0.05) is 19.8 Å². The fourth-order valence-corrected chi connectivity index (χ4v) is 4.97. The van der Waals surface area contributed by atoms with E-state index >= 15 is 0 Å². The molecule has 0 saturated heterocycles. The number of alkyl halides is 3. The molecular weight excluding hydrogens is 439 g/mol. The zero-order valence-electron chi connectivity index (χ0n) is 16.8. The van der Waals surface area contributed by atoms with Crippen molar-refractivity contribution in [1.29, 1.82) is 0 Å². The number of H-pyrrole nitrogens is 1. The highest BCUT2D eigenvalue weighted by atomic mass is 32.2. The predicted molar refractivity (Wildman–Crippen MR) is 104 cm³/mol. The summed E-state index contributed by atoms with van der Waals surface area (Å²) >= 11 is 0. The van der Waals surface area contributed by atoms with Crippen molar-refractivity contribution in [2.45, 2.75) is 49.7 Å². The van der Waals surface area contributed by atoms with Gasteiger partial charge in [-0.15, -0.1) is 5.10 Å². The number of halogens is 3. The molecule has 13 heteroatoms. The van der Waals surface area contributed by atoms with Gasteiger partial charge in [0.15, 0.2) is 0 Å². The molecule has 9 nitrogen and oxygen atoms in total.